The number of aliphatic carboxylic acids is 1. The number of allylic oxidation sites excluding steroid dienone is 2. The van der Waals surface area contributed by atoms with Crippen molar-refractivity contribution in [1.82, 2.24) is 10.6 Å². The van der Waals surface area contributed by atoms with Gasteiger partial charge in [-0.2, -0.15) is 0 Å². The van der Waals surface area contributed by atoms with E-state index in [-0.39, 0.29) is 37.1 Å². The Kier molecular flexibility index (Phi) is 10.7. The largest absolute Gasteiger partial charge is 0.481 e. The number of amides is 2. The second-order valence-electron chi connectivity index (χ2n) is 8.11. The van der Waals surface area contributed by atoms with Crippen LogP contribution in [-0.4, -0.2) is 55.0 Å². The third-order valence-corrected chi connectivity index (χ3v) is 5.85. The van der Waals surface area contributed by atoms with Crippen LogP contribution < -0.4 is 10.6 Å². The fourth-order valence-corrected chi connectivity index (χ4v) is 4.28. The molecule has 0 aromatic rings. The first-order valence-corrected chi connectivity index (χ1v) is 11.2. The van der Waals surface area contributed by atoms with Crippen LogP contribution in [-0.2, 0) is 19.1 Å². The number of hydrogen-bond acceptors (Lipinski definition) is 5. The number of alkyl carbamates (subject to hydrolysis) is 1. The van der Waals surface area contributed by atoms with Crippen molar-refractivity contribution in [3.63, 3.8) is 0 Å². The second kappa shape index (κ2) is 13.3. The van der Waals surface area contributed by atoms with Gasteiger partial charge in [0.1, 0.15) is 0 Å². The highest BCUT2D eigenvalue weighted by atomic mass is 16.6. The van der Waals surface area contributed by atoms with E-state index in [9.17, 15) is 14.4 Å². The topological polar surface area (TPSA) is 114 Å². The van der Waals surface area contributed by atoms with Gasteiger partial charge in [-0.3, -0.25) is 9.59 Å². The van der Waals surface area contributed by atoms with Gasteiger partial charge in [0, 0.05) is 25.4 Å². The first-order valence-electron chi connectivity index (χ1n) is 11.2. The van der Waals surface area contributed by atoms with Crippen LogP contribution in [0.25, 0.3) is 0 Å². The number of carboxylic acids is 1. The van der Waals surface area contributed by atoms with Gasteiger partial charge >= 0.3 is 12.1 Å². The molecule has 8 nitrogen and oxygen atoms in total. The summed E-state index contributed by atoms with van der Waals surface area (Å²) in [6.45, 7) is 2.85. The lowest BCUT2D eigenvalue weighted by Crippen LogP contribution is -2.40. The first kappa shape index (κ1) is 24.2. The second-order valence-corrected chi connectivity index (χ2v) is 8.11. The van der Waals surface area contributed by atoms with Crippen LogP contribution in [0.4, 0.5) is 4.79 Å². The Morgan fingerprint density at radius 3 is 2.53 bits per heavy atom. The fourth-order valence-electron chi connectivity index (χ4n) is 4.28. The summed E-state index contributed by atoms with van der Waals surface area (Å²) < 4.78 is 11.0. The van der Waals surface area contributed by atoms with Crippen LogP contribution in [0.2, 0.25) is 0 Å². The summed E-state index contributed by atoms with van der Waals surface area (Å²) in [6.07, 6.45) is 11.6. The Bertz CT molecular complexity index is 594. The summed E-state index contributed by atoms with van der Waals surface area (Å²) in [7, 11) is 0. The molecule has 2 aliphatic rings. The molecule has 0 aromatic heterocycles. The predicted molar refractivity (Wildman–Crippen MR) is 112 cm³/mol. The molecule has 0 saturated carbocycles. The first-order chi connectivity index (χ1) is 14.5. The summed E-state index contributed by atoms with van der Waals surface area (Å²) in [6, 6.07) is 0. The van der Waals surface area contributed by atoms with Crippen molar-refractivity contribution < 1.29 is 29.0 Å². The van der Waals surface area contributed by atoms with Gasteiger partial charge in [0.15, 0.2) is 6.61 Å². The van der Waals surface area contributed by atoms with E-state index in [0.717, 1.165) is 44.9 Å². The summed E-state index contributed by atoms with van der Waals surface area (Å²) >= 11 is 0. The van der Waals surface area contributed by atoms with Crippen molar-refractivity contribution in [3.05, 3.63) is 12.2 Å². The van der Waals surface area contributed by atoms with Crippen LogP contribution in [0.15, 0.2) is 12.2 Å². The van der Waals surface area contributed by atoms with Crippen molar-refractivity contribution >= 4 is 18.0 Å². The number of carboxylic acid groups (broad SMARTS) is 1. The molecular formula is C22H36N2O6. The standard InChI is InChI=1S/C22H36N2O6/c1-2-3-13-23-22(28)29-15-20(25)24-14-17-16(18-11-12-19(17)30-18)9-7-5-4-6-8-10-21(26)27/h4-5,16-19H,2-3,6-15H2,1H3,(H,23,28)(H,24,25)(H,26,27)/b5-4-/t16-,17+,18-,19+/m0/s1. The van der Waals surface area contributed by atoms with Gasteiger partial charge in [-0.1, -0.05) is 25.5 Å². The normalized spacial score (nSPS) is 24.8. The third-order valence-electron chi connectivity index (χ3n) is 5.85. The van der Waals surface area contributed by atoms with Crippen LogP contribution in [0.1, 0.15) is 64.7 Å². The Morgan fingerprint density at radius 1 is 1.07 bits per heavy atom. The fraction of sp³-hybridized carbons (Fsp3) is 0.773. The van der Waals surface area contributed by atoms with E-state index in [1.165, 1.54) is 0 Å². The highest BCUT2D eigenvalue weighted by molar-refractivity contribution is 5.80. The molecule has 2 heterocycles. The van der Waals surface area contributed by atoms with E-state index in [1.807, 2.05) is 6.92 Å². The molecule has 2 rings (SSSR count). The van der Waals surface area contributed by atoms with E-state index in [0.29, 0.717) is 25.4 Å². The number of carbonyl (C=O) groups is 3. The van der Waals surface area contributed by atoms with Crippen LogP contribution in [0.5, 0.6) is 0 Å². The molecule has 0 aromatic carbocycles. The molecule has 2 saturated heterocycles. The lowest BCUT2D eigenvalue weighted by molar-refractivity contribution is -0.137. The van der Waals surface area contributed by atoms with E-state index >= 15 is 0 Å². The maximum absolute atomic E-state index is 12.0. The van der Waals surface area contributed by atoms with E-state index in [4.69, 9.17) is 14.6 Å². The highest BCUT2D eigenvalue weighted by Gasteiger charge is 2.48. The maximum atomic E-state index is 12.0. The Labute approximate surface area is 178 Å². The van der Waals surface area contributed by atoms with Crippen molar-refractivity contribution in [2.24, 2.45) is 11.8 Å². The molecule has 2 aliphatic heterocycles. The molecule has 170 valence electrons. The van der Waals surface area contributed by atoms with E-state index in [1.54, 1.807) is 0 Å². The minimum atomic E-state index is -0.755. The van der Waals surface area contributed by atoms with Gasteiger partial charge < -0.3 is 25.2 Å². The smallest absolute Gasteiger partial charge is 0.407 e. The number of ether oxygens (including phenoxy) is 2. The third kappa shape index (κ3) is 8.34. The number of fused-ring (bicyclic) bond motifs is 2. The van der Waals surface area contributed by atoms with E-state index < -0.39 is 12.1 Å². The molecule has 0 aliphatic carbocycles. The number of hydrogen-bond donors (Lipinski definition) is 3. The van der Waals surface area contributed by atoms with Crippen molar-refractivity contribution in [1.29, 1.82) is 0 Å². The van der Waals surface area contributed by atoms with Gasteiger partial charge in [0.2, 0.25) is 0 Å². The molecule has 3 N–H and O–H groups in total. The summed E-state index contributed by atoms with van der Waals surface area (Å²) in [5, 5.41) is 14.2. The molecular weight excluding hydrogens is 388 g/mol. The van der Waals surface area contributed by atoms with Gasteiger partial charge in [-0.05, 0) is 50.9 Å². The van der Waals surface area contributed by atoms with Crippen molar-refractivity contribution in [3.8, 4) is 0 Å². The zero-order valence-electron chi connectivity index (χ0n) is 17.9. The van der Waals surface area contributed by atoms with Gasteiger partial charge in [-0.25, -0.2) is 4.79 Å². The zero-order valence-corrected chi connectivity index (χ0v) is 17.9. The number of unbranched alkanes of at least 4 members (excludes halogenated alkanes) is 2. The van der Waals surface area contributed by atoms with Crippen LogP contribution in [0, 0.1) is 11.8 Å². The van der Waals surface area contributed by atoms with Crippen LogP contribution >= 0.6 is 0 Å². The average molecular weight is 425 g/mol. The lowest BCUT2D eigenvalue weighted by Gasteiger charge is -2.28. The lowest BCUT2D eigenvalue weighted by atomic mass is 9.77. The summed E-state index contributed by atoms with van der Waals surface area (Å²) in [5.74, 6) is -0.354. The Balaban J connectivity index is 1.65. The number of carbonyl (C=O) groups excluding carboxylic acids is 2. The zero-order chi connectivity index (χ0) is 21.8. The molecule has 2 bridgehead atoms. The SMILES string of the molecule is CCCCNC(=O)OCC(=O)NC[C@@H]1[C@H](CC/C=C\CCCC(=O)O)[C@@H]2CC[C@H]1O2. The monoisotopic (exact) mass is 424 g/mol. The molecule has 2 fully saturated rings. The van der Waals surface area contributed by atoms with Gasteiger partial charge in [0.05, 0.1) is 12.2 Å². The van der Waals surface area contributed by atoms with Gasteiger partial charge in [0.25, 0.3) is 5.91 Å². The average Bonchev–Trinajstić information content (AvgIpc) is 3.31. The number of nitrogens with one attached hydrogen (secondary N) is 2. The van der Waals surface area contributed by atoms with E-state index in [2.05, 4.69) is 22.8 Å². The number of rotatable bonds is 14. The molecule has 0 spiro atoms. The van der Waals surface area contributed by atoms with Gasteiger partial charge in [-0.15, -0.1) is 0 Å². The Hall–Kier alpha value is -2.09. The minimum absolute atomic E-state index is 0.193. The molecule has 30 heavy (non-hydrogen) atoms. The van der Waals surface area contributed by atoms with Crippen LogP contribution in [0.3, 0.4) is 0 Å². The minimum Gasteiger partial charge on any atom is -0.481 e. The van der Waals surface area contributed by atoms with Crippen molar-refractivity contribution in [2.75, 3.05) is 19.7 Å². The highest BCUT2D eigenvalue weighted by Crippen LogP contribution is 2.45. The Morgan fingerprint density at radius 2 is 1.80 bits per heavy atom. The molecule has 0 radical (unpaired) electrons. The summed E-state index contributed by atoms with van der Waals surface area (Å²) in [4.78, 5) is 34.1. The van der Waals surface area contributed by atoms with Crippen molar-refractivity contribution in [2.45, 2.75) is 76.9 Å². The molecule has 0 unspecified atom stereocenters. The maximum Gasteiger partial charge on any atom is 0.407 e. The molecule has 4 atom stereocenters. The quantitative estimate of drug-likeness (QED) is 0.292. The summed E-state index contributed by atoms with van der Waals surface area (Å²) in [5.41, 5.74) is 0. The predicted octanol–water partition coefficient (Wildman–Crippen LogP) is 3.01. The molecule has 2 amide bonds. The molecule has 8 heteroatoms.